The molecule has 0 bridgehead atoms. The molecule has 1 aromatic carbocycles. The second kappa shape index (κ2) is 3.73. The van der Waals surface area contributed by atoms with E-state index in [2.05, 4.69) is 15.9 Å². The Morgan fingerprint density at radius 3 is 2.60 bits per heavy atom. The maximum atomic E-state index is 11.2. The molecule has 0 saturated heterocycles. The molecular formula is C10H10BrNO3. The highest BCUT2D eigenvalue weighted by Crippen LogP contribution is 2.38. The molecule has 0 spiro atoms. The van der Waals surface area contributed by atoms with Crippen LogP contribution in [0.25, 0.3) is 0 Å². The van der Waals surface area contributed by atoms with E-state index in [-0.39, 0.29) is 11.6 Å². The summed E-state index contributed by atoms with van der Waals surface area (Å²) < 4.78 is 10.5. The topological polar surface area (TPSA) is 38.8 Å². The number of aryl methyl sites for hydroxylation is 1. The number of amides is 1. The average molecular weight is 272 g/mol. The normalized spacial score (nSPS) is 12.7. The Kier molecular flexibility index (Phi) is 2.56. The molecule has 0 radical (unpaired) electrons. The Labute approximate surface area is 95.9 Å². The summed E-state index contributed by atoms with van der Waals surface area (Å²) in [6.07, 6.45) is 0. The smallest absolute Gasteiger partial charge is 0.293 e. The number of benzene rings is 1. The second-order valence-electron chi connectivity index (χ2n) is 3.30. The first-order chi connectivity index (χ1) is 7.09. The summed E-state index contributed by atoms with van der Waals surface area (Å²) in [4.78, 5) is 12.5. The number of fused-ring (bicyclic) bond motifs is 1. The van der Waals surface area contributed by atoms with E-state index in [0.717, 1.165) is 17.0 Å². The zero-order valence-electron chi connectivity index (χ0n) is 8.41. The van der Waals surface area contributed by atoms with E-state index in [1.54, 1.807) is 13.1 Å². The molecule has 1 amide bonds. The molecule has 0 unspecified atom stereocenters. The Morgan fingerprint density at radius 2 is 2.00 bits per heavy atom. The first-order valence-corrected chi connectivity index (χ1v) is 5.22. The third-order valence-corrected chi connectivity index (χ3v) is 2.85. The van der Waals surface area contributed by atoms with Gasteiger partial charge >= 0.3 is 0 Å². The van der Waals surface area contributed by atoms with Crippen molar-refractivity contribution >= 4 is 26.4 Å². The Bertz CT molecular complexity index is 419. The van der Waals surface area contributed by atoms with Gasteiger partial charge in [0.05, 0.1) is 5.69 Å². The number of carbonyl (C=O) groups is 1. The van der Waals surface area contributed by atoms with Gasteiger partial charge in [-0.3, -0.25) is 4.79 Å². The zero-order chi connectivity index (χ0) is 11.0. The SMILES string of the molecule is Cc1cc2c(cc1N(C)C(=O)Br)OCO2. The predicted octanol–water partition coefficient (Wildman–Crippen LogP) is 2.67. The largest absolute Gasteiger partial charge is 0.454 e. The maximum absolute atomic E-state index is 11.2. The minimum atomic E-state index is -0.190. The molecule has 1 aliphatic heterocycles. The van der Waals surface area contributed by atoms with E-state index >= 15 is 0 Å². The van der Waals surface area contributed by atoms with Crippen molar-refractivity contribution in [2.75, 3.05) is 18.7 Å². The van der Waals surface area contributed by atoms with Gasteiger partial charge in [0, 0.05) is 29.0 Å². The van der Waals surface area contributed by atoms with Crippen molar-refractivity contribution < 1.29 is 14.3 Å². The van der Waals surface area contributed by atoms with Crippen molar-refractivity contribution in [2.45, 2.75) is 6.92 Å². The maximum Gasteiger partial charge on any atom is 0.293 e. The lowest BCUT2D eigenvalue weighted by atomic mass is 10.1. The van der Waals surface area contributed by atoms with Gasteiger partial charge in [-0.2, -0.15) is 0 Å². The molecule has 0 saturated carbocycles. The predicted molar refractivity (Wildman–Crippen MR) is 60.0 cm³/mol. The molecule has 5 heteroatoms. The summed E-state index contributed by atoms with van der Waals surface area (Å²) in [5.41, 5.74) is 1.77. The molecule has 0 N–H and O–H groups in total. The average Bonchev–Trinajstić information content (AvgIpc) is 2.62. The molecule has 1 aliphatic rings. The van der Waals surface area contributed by atoms with E-state index < -0.39 is 0 Å². The monoisotopic (exact) mass is 271 g/mol. The number of ether oxygens (including phenoxy) is 2. The van der Waals surface area contributed by atoms with Crippen LogP contribution >= 0.6 is 15.9 Å². The zero-order valence-corrected chi connectivity index (χ0v) is 10.00. The number of hydrogen-bond donors (Lipinski definition) is 0. The van der Waals surface area contributed by atoms with Gasteiger partial charge in [-0.1, -0.05) is 0 Å². The third kappa shape index (κ3) is 1.79. The highest BCUT2D eigenvalue weighted by molar-refractivity contribution is 9.18. The van der Waals surface area contributed by atoms with Crippen molar-refractivity contribution in [2.24, 2.45) is 0 Å². The molecule has 1 heterocycles. The van der Waals surface area contributed by atoms with Crippen molar-refractivity contribution in [3.63, 3.8) is 0 Å². The molecule has 15 heavy (non-hydrogen) atoms. The lowest BCUT2D eigenvalue weighted by molar-refractivity contribution is 0.174. The summed E-state index contributed by atoms with van der Waals surface area (Å²) >= 11 is 2.91. The van der Waals surface area contributed by atoms with E-state index in [1.807, 2.05) is 13.0 Å². The van der Waals surface area contributed by atoms with Crippen LogP contribution in [0.1, 0.15) is 5.56 Å². The Balaban J connectivity index is 2.44. The number of nitrogens with zero attached hydrogens (tertiary/aromatic N) is 1. The quantitative estimate of drug-likeness (QED) is 0.582. The number of halogens is 1. The molecule has 0 fully saturated rings. The number of carbonyl (C=O) groups excluding carboxylic acids is 1. The van der Waals surface area contributed by atoms with E-state index in [0.29, 0.717) is 5.75 Å². The second-order valence-corrected chi connectivity index (χ2v) is 3.98. The Hall–Kier alpha value is -1.23. The molecule has 4 nitrogen and oxygen atoms in total. The van der Waals surface area contributed by atoms with Crippen LogP contribution in [0.4, 0.5) is 10.5 Å². The van der Waals surface area contributed by atoms with Gasteiger partial charge in [0.2, 0.25) is 6.79 Å². The first kappa shape index (κ1) is 10.3. The van der Waals surface area contributed by atoms with Gasteiger partial charge in [-0.15, -0.1) is 0 Å². The van der Waals surface area contributed by atoms with Crippen molar-refractivity contribution in [1.82, 2.24) is 0 Å². The van der Waals surface area contributed by atoms with Gasteiger partial charge in [0.1, 0.15) is 0 Å². The third-order valence-electron chi connectivity index (χ3n) is 2.32. The van der Waals surface area contributed by atoms with Crippen LogP contribution in [-0.4, -0.2) is 18.7 Å². The van der Waals surface area contributed by atoms with Crippen LogP contribution in [0.2, 0.25) is 0 Å². The van der Waals surface area contributed by atoms with Crippen molar-refractivity contribution in [3.8, 4) is 11.5 Å². The minimum Gasteiger partial charge on any atom is -0.454 e. The van der Waals surface area contributed by atoms with Crippen LogP contribution in [0, 0.1) is 6.92 Å². The fraction of sp³-hybridized carbons (Fsp3) is 0.300. The van der Waals surface area contributed by atoms with E-state index in [4.69, 9.17) is 9.47 Å². The minimum absolute atomic E-state index is 0.190. The van der Waals surface area contributed by atoms with Crippen molar-refractivity contribution in [3.05, 3.63) is 17.7 Å². The molecule has 0 aliphatic carbocycles. The van der Waals surface area contributed by atoms with Gasteiger partial charge in [-0.05, 0) is 18.6 Å². The Morgan fingerprint density at radius 1 is 1.40 bits per heavy atom. The molecule has 80 valence electrons. The molecular weight excluding hydrogens is 262 g/mol. The molecule has 0 aromatic heterocycles. The highest BCUT2D eigenvalue weighted by Gasteiger charge is 2.18. The fourth-order valence-corrected chi connectivity index (χ4v) is 1.68. The van der Waals surface area contributed by atoms with Crippen LogP contribution < -0.4 is 14.4 Å². The van der Waals surface area contributed by atoms with E-state index in [1.165, 1.54) is 4.90 Å². The summed E-state index contributed by atoms with van der Waals surface area (Å²) in [6.45, 7) is 2.16. The number of anilines is 1. The molecule has 2 rings (SSSR count). The van der Waals surface area contributed by atoms with Crippen LogP contribution in [0.3, 0.4) is 0 Å². The van der Waals surface area contributed by atoms with Crippen LogP contribution in [0.5, 0.6) is 11.5 Å². The molecule has 1 aromatic rings. The fourth-order valence-electron chi connectivity index (χ4n) is 1.49. The van der Waals surface area contributed by atoms with Gasteiger partial charge in [0.25, 0.3) is 4.82 Å². The summed E-state index contributed by atoms with van der Waals surface area (Å²) in [7, 11) is 1.70. The van der Waals surface area contributed by atoms with Gasteiger partial charge < -0.3 is 14.4 Å². The molecule has 0 atom stereocenters. The lowest BCUT2D eigenvalue weighted by Crippen LogP contribution is -2.19. The van der Waals surface area contributed by atoms with Gasteiger partial charge in [-0.25, -0.2) is 0 Å². The summed E-state index contributed by atoms with van der Waals surface area (Å²) in [5, 5.41) is 0. The lowest BCUT2D eigenvalue weighted by Gasteiger charge is -2.16. The standard InChI is InChI=1S/C10H10BrNO3/c1-6-3-8-9(15-5-14-8)4-7(6)12(2)10(11)13/h3-4H,5H2,1-2H3. The summed E-state index contributed by atoms with van der Waals surface area (Å²) in [6, 6.07) is 3.67. The number of hydrogen-bond acceptors (Lipinski definition) is 3. The number of rotatable bonds is 1. The van der Waals surface area contributed by atoms with Crippen LogP contribution in [0.15, 0.2) is 12.1 Å². The van der Waals surface area contributed by atoms with Crippen LogP contribution in [-0.2, 0) is 0 Å². The highest BCUT2D eigenvalue weighted by atomic mass is 79.9. The van der Waals surface area contributed by atoms with E-state index in [9.17, 15) is 4.79 Å². The summed E-state index contributed by atoms with van der Waals surface area (Å²) in [5.74, 6) is 1.41. The van der Waals surface area contributed by atoms with Crippen molar-refractivity contribution in [1.29, 1.82) is 0 Å². The van der Waals surface area contributed by atoms with Gasteiger partial charge in [0.15, 0.2) is 11.5 Å². The first-order valence-electron chi connectivity index (χ1n) is 4.43.